The summed E-state index contributed by atoms with van der Waals surface area (Å²) in [6, 6.07) is 5.38. The van der Waals surface area contributed by atoms with Crippen LogP contribution in [0, 0.1) is 6.92 Å². The van der Waals surface area contributed by atoms with Gasteiger partial charge in [0.05, 0.1) is 6.61 Å². The lowest BCUT2D eigenvalue weighted by molar-refractivity contribution is -0.137. The van der Waals surface area contributed by atoms with Crippen molar-refractivity contribution in [3.05, 3.63) is 41.0 Å². The van der Waals surface area contributed by atoms with Crippen LogP contribution in [0.2, 0.25) is 0 Å². The Bertz CT molecular complexity index is 459. The second-order valence-corrected chi connectivity index (χ2v) is 3.71. The Labute approximate surface area is 101 Å². The van der Waals surface area contributed by atoms with Crippen LogP contribution in [0.5, 0.6) is 0 Å². The summed E-state index contributed by atoms with van der Waals surface area (Å²) in [6.07, 6.45) is 3.08. The maximum atomic E-state index is 11.2. The number of ketones is 1. The van der Waals surface area contributed by atoms with E-state index in [0.717, 1.165) is 11.1 Å². The molecule has 90 valence electrons. The molecule has 0 fully saturated rings. The summed E-state index contributed by atoms with van der Waals surface area (Å²) in [5.41, 5.74) is 2.54. The molecular weight excluding hydrogens is 216 g/mol. The molecule has 0 atom stereocenters. The number of Topliss-reactive ketones (excluding diaryl/α,β-unsaturated/α-hetero) is 1. The summed E-state index contributed by atoms with van der Waals surface area (Å²) >= 11 is 0. The van der Waals surface area contributed by atoms with Gasteiger partial charge < -0.3 is 4.74 Å². The molecule has 0 bridgehead atoms. The number of hydrogen-bond acceptors (Lipinski definition) is 3. The first kappa shape index (κ1) is 13.2. The molecule has 0 aliphatic carbocycles. The molecule has 3 heteroatoms. The molecule has 1 aromatic rings. The fraction of sp³-hybridized carbons (Fsp3) is 0.286. The predicted molar refractivity (Wildman–Crippen MR) is 66.9 cm³/mol. The highest BCUT2D eigenvalue weighted by Gasteiger charge is 2.02. The quantitative estimate of drug-likeness (QED) is 0.455. The third-order valence-electron chi connectivity index (χ3n) is 2.36. The number of aryl methyl sites for hydroxylation is 1. The van der Waals surface area contributed by atoms with Crippen molar-refractivity contribution in [2.24, 2.45) is 0 Å². The number of hydrogen-bond donors (Lipinski definition) is 0. The van der Waals surface area contributed by atoms with Crippen LogP contribution in [-0.4, -0.2) is 18.4 Å². The van der Waals surface area contributed by atoms with Gasteiger partial charge in [0.15, 0.2) is 5.78 Å². The number of esters is 1. The van der Waals surface area contributed by atoms with Crippen LogP contribution in [0.4, 0.5) is 0 Å². The molecule has 0 saturated carbocycles. The first-order valence-electron chi connectivity index (χ1n) is 5.51. The highest BCUT2D eigenvalue weighted by atomic mass is 16.5. The average molecular weight is 232 g/mol. The molecular formula is C14H16O3. The molecule has 0 spiro atoms. The van der Waals surface area contributed by atoms with Crippen LogP contribution in [0.25, 0.3) is 6.08 Å². The molecule has 0 saturated heterocycles. The number of ether oxygens (including phenoxy) is 1. The largest absolute Gasteiger partial charge is 0.463 e. The van der Waals surface area contributed by atoms with Gasteiger partial charge in [-0.15, -0.1) is 0 Å². The zero-order valence-electron chi connectivity index (χ0n) is 10.3. The highest BCUT2D eigenvalue weighted by Crippen LogP contribution is 2.13. The molecule has 1 aromatic carbocycles. The molecule has 0 amide bonds. The van der Waals surface area contributed by atoms with Crippen LogP contribution in [0.15, 0.2) is 24.3 Å². The second-order valence-electron chi connectivity index (χ2n) is 3.71. The Morgan fingerprint density at radius 2 is 2.06 bits per heavy atom. The summed E-state index contributed by atoms with van der Waals surface area (Å²) in [5, 5.41) is 0. The van der Waals surface area contributed by atoms with E-state index in [4.69, 9.17) is 4.74 Å². The van der Waals surface area contributed by atoms with E-state index in [0.29, 0.717) is 12.2 Å². The minimum absolute atomic E-state index is 0.0361. The zero-order chi connectivity index (χ0) is 12.8. The lowest BCUT2D eigenvalue weighted by atomic mass is 10.0. The van der Waals surface area contributed by atoms with E-state index >= 15 is 0 Å². The van der Waals surface area contributed by atoms with Crippen molar-refractivity contribution in [1.82, 2.24) is 0 Å². The van der Waals surface area contributed by atoms with Crippen molar-refractivity contribution in [2.45, 2.75) is 20.8 Å². The monoisotopic (exact) mass is 232 g/mol. The smallest absolute Gasteiger partial charge is 0.330 e. The van der Waals surface area contributed by atoms with Gasteiger partial charge in [0.25, 0.3) is 0 Å². The Morgan fingerprint density at radius 1 is 1.35 bits per heavy atom. The molecule has 0 heterocycles. The fourth-order valence-corrected chi connectivity index (χ4v) is 1.43. The number of carbonyl (C=O) groups is 2. The normalized spacial score (nSPS) is 10.5. The van der Waals surface area contributed by atoms with Gasteiger partial charge in [0.1, 0.15) is 0 Å². The van der Waals surface area contributed by atoms with Crippen molar-refractivity contribution < 1.29 is 14.3 Å². The third-order valence-corrected chi connectivity index (χ3v) is 2.36. The van der Waals surface area contributed by atoms with Crippen LogP contribution in [0.1, 0.15) is 35.3 Å². The van der Waals surface area contributed by atoms with E-state index in [1.807, 2.05) is 19.1 Å². The highest BCUT2D eigenvalue weighted by molar-refractivity contribution is 5.94. The van der Waals surface area contributed by atoms with E-state index in [2.05, 4.69) is 0 Å². The van der Waals surface area contributed by atoms with E-state index in [9.17, 15) is 9.59 Å². The number of carbonyl (C=O) groups excluding carboxylic acids is 2. The van der Waals surface area contributed by atoms with Crippen LogP contribution in [0.3, 0.4) is 0 Å². The molecule has 0 radical (unpaired) electrons. The minimum Gasteiger partial charge on any atom is -0.463 e. The first-order chi connectivity index (χ1) is 8.04. The van der Waals surface area contributed by atoms with Crippen molar-refractivity contribution in [2.75, 3.05) is 6.61 Å². The van der Waals surface area contributed by atoms with Gasteiger partial charge in [0, 0.05) is 11.6 Å². The van der Waals surface area contributed by atoms with Gasteiger partial charge in [-0.3, -0.25) is 4.79 Å². The van der Waals surface area contributed by atoms with Crippen molar-refractivity contribution in [1.29, 1.82) is 0 Å². The van der Waals surface area contributed by atoms with Gasteiger partial charge in [0.2, 0.25) is 0 Å². The number of benzene rings is 1. The van der Waals surface area contributed by atoms with E-state index < -0.39 is 0 Å². The standard InChI is InChI=1S/C14H16O3/c1-4-17-14(16)8-7-12-5-6-13(11(3)15)9-10(12)2/h5-9H,4H2,1-3H3. The molecule has 0 aliphatic rings. The van der Waals surface area contributed by atoms with Gasteiger partial charge in [-0.05, 0) is 44.0 Å². The average Bonchev–Trinajstić information content (AvgIpc) is 2.27. The zero-order valence-corrected chi connectivity index (χ0v) is 10.3. The molecule has 0 aliphatic heterocycles. The maximum absolute atomic E-state index is 11.2. The lowest BCUT2D eigenvalue weighted by Crippen LogP contribution is -1.99. The Balaban J connectivity index is 2.86. The van der Waals surface area contributed by atoms with Crippen LogP contribution >= 0.6 is 0 Å². The molecule has 0 unspecified atom stereocenters. The van der Waals surface area contributed by atoms with Crippen LogP contribution < -0.4 is 0 Å². The summed E-state index contributed by atoms with van der Waals surface area (Å²) in [7, 11) is 0. The minimum atomic E-state index is -0.359. The molecule has 0 N–H and O–H groups in total. The Hall–Kier alpha value is -1.90. The van der Waals surface area contributed by atoms with Crippen molar-refractivity contribution in [3.63, 3.8) is 0 Å². The fourth-order valence-electron chi connectivity index (χ4n) is 1.43. The van der Waals surface area contributed by atoms with Gasteiger partial charge in [-0.25, -0.2) is 4.79 Å². The Morgan fingerprint density at radius 3 is 2.59 bits per heavy atom. The summed E-state index contributed by atoms with van der Waals surface area (Å²) in [4.78, 5) is 22.3. The van der Waals surface area contributed by atoms with Gasteiger partial charge in [-0.1, -0.05) is 12.1 Å². The lowest BCUT2D eigenvalue weighted by Gasteiger charge is -2.02. The van der Waals surface area contributed by atoms with Crippen molar-refractivity contribution in [3.8, 4) is 0 Å². The van der Waals surface area contributed by atoms with Crippen LogP contribution in [-0.2, 0) is 9.53 Å². The van der Waals surface area contributed by atoms with E-state index in [1.54, 1.807) is 19.1 Å². The molecule has 17 heavy (non-hydrogen) atoms. The summed E-state index contributed by atoms with van der Waals surface area (Å²) in [6.45, 7) is 5.56. The summed E-state index contributed by atoms with van der Waals surface area (Å²) in [5.74, 6) is -0.323. The number of rotatable bonds is 4. The predicted octanol–water partition coefficient (Wildman–Crippen LogP) is 2.77. The van der Waals surface area contributed by atoms with Crippen molar-refractivity contribution >= 4 is 17.8 Å². The van der Waals surface area contributed by atoms with E-state index in [-0.39, 0.29) is 11.8 Å². The summed E-state index contributed by atoms with van der Waals surface area (Å²) < 4.78 is 4.79. The van der Waals surface area contributed by atoms with E-state index in [1.165, 1.54) is 13.0 Å². The van der Waals surface area contributed by atoms with Gasteiger partial charge in [-0.2, -0.15) is 0 Å². The SMILES string of the molecule is CCOC(=O)C=Cc1ccc(C(C)=O)cc1C. The first-order valence-corrected chi connectivity index (χ1v) is 5.51. The van der Waals surface area contributed by atoms with Gasteiger partial charge >= 0.3 is 5.97 Å². The molecule has 1 rings (SSSR count). The Kier molecular flexibility index (Phi) is 4.64. The third kappa shape index (κ3) is 3.87. The molecule has 3 nitrogen and oxygen atoms in total. The molecule has 0 aromatic heterocycles. The topological polar surface area (TPSA) is 43.4 Å². The maximum Gasteiger partial charge on any atom is 0.330 e. The second kappa shape index (κ2) is 5.99.